The number of aromatic nitrogens is 1. The van der Waals surface area contributed by atoms with Crippen LogP contribution in [0.15, 0.2) is 48.5 Å². The summed E-state index contributed by atoms with van der Waals surface area (Å²) < 4.78 is 5.62. The van der Waals surface area contributed by atoms with E-state index in [1.807, 2.05) is 56.3 Å². The first-order valence-electron chi connectivity index (χ1n) is 11.5. The van der Waals surface area contributed by atoms with Crippen molar-refractivity contribution in [3.8, 4) is 0 Å². The predicted octanol–water partition coefficient (Wildman–Crippen LogP) is 4.32. The number of ether oxygens (including phenoxy) is 1. The van der Waals surface area contributed by atoms with Crippen molar-refractivity contribution >= 4 is 34.3 Å². The van der Waals surface area contributed by atoms with Crippen LogP contribution in [0.3, 0.4) is 0 Å². The number of piperazine rings is 1. The average molecular weight is 466 g/mol. The number of H-pyrrole nitrogens is 1. The SMILES string of the molecule is CC(C)OCCCN1CC(=O)N2[C@@H](c3cccc(Cl)c3)c3[nH]c4ccccc4c3C[C@@H]2C1=O. The lowest BCUT2D eigenvalue weighted by Gasteiger charge is -2.47. The maximum absolute atomic E-state index is 13.6. The van der Waals surface area contributed by atoms with E-state index < -0.39 is 6.04 Å². The third kappa shape index (κ3) is 4.02. The Hall–Kier alpha value is -2.83. The molecule has 0 aliphatic carbocycles. The molecule has 0 radical (unpaired) electrons. The van der Waals surface area contributed by atoms with Crippen molar-refractivity contribution in [2.75, 3.05) is 19.7 Å². The predicted molar refractivity (Wildman–Crippen MR) is 128 cm³/mol. The highest BCUT2D eigenvalue weighted by atomic mass is 35.5. The molecule has 33 heavy (non-hydrogen) atoms. The zero-order valence-electron chi connectivity index (χ0n) is 18.9. The number of carbonyl (C=O) groups excluding carboxylic acids is 2. The van der Waals surface area contributed by atoms with E-state index in [9.17, 15) is 9.59 Å². The Bertz CT molecular complexity index is 1200. The van der Waals surface area contributed by atoms with Gasteiger partial charge in [-0.05, 0) is 49.6 Å². The number of halogens is 1. The fourth-order valence-electron chi connectivity index (χ4n) is 5.11. The number of benzene rings is 2. The van der Waals surface area contributed by atoms with E-state index in [0.717, 1.165) is 27.7 Å². The van der Waals surface area contributed by atoms with E-state index in [1.54, 1.807) is 9.80 Å². The molecule has 2 aromatic carbocycles. The Morgan fingerprint density at radius 1 is 1.15 bits per heavy atom. The van der Waals surface area contributed by atoms with Gasteiger partial charge in [-0.1, -0.05) is 41.9 Å². The van der Waals surface area contributed by atoms with Crippen LogP contribution < -0.4 is 0 Å². The molecule has 1 N–H and O–H groups in total. The maximum Gasteiger partial charge on any atom is 0.246 e. The van der Waals surface area contributed by atoms with E-state index >= 15 is 0 Å². The quantitative estimate of drug-likeness (QED) is 0.551. The second-order valence-corrected chi connectivity index (χ2v) is 9.51. The zero-order valence-corrected chi connectivity index (χ0v) is 19.6. The van der Waals surface area contributed by atoms with Crippen molar-refractivity contribution in [1.29, 1.82) is 0 Å². The van der Waals surface area contributed by atoms with Crippen LogP contribution in [0, 0.1) is 0 Å². The maximum atomic E-state index is 13.6. The number of nitrogens with zero attached hydrogens (tertiary/aromatic N) is 2. The number of aromatic amines is 1. The van der Waals surface area contributed by atoms with Gasteiger partial charge in [0.15, 0.2) is 0 Å². The summed E-state index contributed by atoms with van der Waals surface area (Å²) in [5.41, 5.74) is 3.98. The molecule has 0 unspecified atom stereocenters. The van der Waals surface area contributed by atoms with Gasteiger partial charge in [0.2, 0.25) is 11.8 Å². The molecule has 1 aromatic heterocycles. The van der Waals surface area contributed by atoms with Crippen LogP contribution in [0.4, 0.5) is 0 Å². The first-order chi connectivity index (χ1) is 15.9. The highest BCUT2D eigenvalue weighted by molar-refractivity contribution is 6.30. The molecule has 7 heteroatoms. The summed E-state index contributed by atoms with van der Waals surface area (Å²) in [7, 11) is 0. The minimum absolute atomic E-state index is 0.00195. The Morgan fingerprint density at radius 2 is 1.97 bits per heavy atom. The molecule has 3 heterocycles. The van der Waals surface area contributed by atoms with Crippen molar-refractivity contribution in [2.24, 2.45) is 0 Å². The molecular weight excluding hydrogens is 438 g/mol. The smallest absolute Gasteiger partial charge is 0.246 e. The summed E-state index contributed by atoms with van der Waals surface area (Å²) >= 11 is 6.33. The Labute approximate surface area is 198 Å². The molecule has 3 aromatic rings. The Morgan fingerprint density at radius 3 is 2.76 bits per heavy atom. The van der Waals surface area contributed by atoms with Crippen LogP contribution in [0.25, 0.3) is 10.9 Å². The van der Waals surface area contributed by atoms with Crippen LogP contribution in [-0.2, 0) is 20.7 Å². The van der Waals surface area contributed by atoms with Crippen LogP contribution in [0.1, 0.15) is 43.1 Å². The van der Waals surface area contributed by atoms with Crippen LogP contribution in [0.5, 0.6) is 0 Å². The summed E-state index contributed by atoms with van der Waals surface area (Å²) in [5, 5.41) is 1.71. The zero-order chi connectivity index (χ0) is 23.1. The first kappa shape index (κ1) is 22.0. The number of fused-ring (bicyclic) bond motifs is 4. The fourth-order valence-corrected chi connectivity index (χ4v) is 5.31. The van der Waals surface area contributed by atoms with Gasteiger partial charge in [-0.3, -0.25) is 9.59 Å². The second kappa shape index (κ2) is 8.84. The van der Waals surface area contributed by atoms with Crippen molar-refractivity contribution in [3.05, 3.63) is 70.4 Å². The fraction of sp³-hybridized carbons (Fsp3) is 0.385. The molecule has 1 saturated heterocycles. The third-order valence-corrected chi connectivity index (χ3v) is 6.77. The second-order valence-electron chi connectivity index (χ2n) is 9.07. The molecule has 2 amide bonds. The minimum Gasteiger partial charge on any atom is -0.379 e. The molecule has 2 atom stereocenters. The van der Waals surface area contributed by atoms with Gasteiger partial charge in [0.1, 0.15) is 6.04 Å². The summed E-state index contributed by atoms with van der Waals surface area (Å²) in [6.07, 6.45) is 1.36. The number of carbonyl (C=O) groups is 2. The number of para-hydroxylation sites is 1. The third-order valence-electron chi connectivity index (χ3n) is 6.53. The molecule has 172 valence electrons. The number of rotatable bonds is 6. The van der Waals surface area contributed by atoms with E-state index in [-0.39, 0.29) is 30.5 Å². The summed E-state index contributed by atoms with van der Waals surface area (Å²) in [6, 6.07) is 14.8. The van der Waals surface area contributed by atoms with Crippen LogP contribution in [-0.4, -0.2) is 58.4 Å². The lowest BCUT2D eigenvalue weighted by Crippen LogP contribution is -2.63. The van der Waals surface area contributed by atoms with Crippen molar-refractivity contribution < 1.29 is 14.3 Å². The molecule has 2 aliphatic heterocycles. The van der Waals surface area contributed by atoms with Gasteiger partial charge in [-0.2, -0.15) is 0 Å². The molecule has 5 rings (SSSR count). The van der Waals surface area contributed by atoms with Gasteiger partial charge < -0.3 is 19.5 Å². The molecule has 6 nitrogen and oxygen atoms in total. The van der Waals surface area contributed by atoms with Gasteiger partial charge in [0, 0.05) is 41.2 Å². The summed E-state index contributed by atoms with van der Waals surface area (Å²) in [6.45, 7) is 5.16. The van der Waals surface area contributed by atoms with Gasteiger partial charge in [-0.15, -0.1) is 0 Å². The monoisotopic (exact) mass is 465 g/mol. The standard InChI is InChI=1S/C26H28ClN3O3/c1-16(2)33-12-6-11-29-15-23(31)30-22(26(29)32)14-20-19-9-3-4-10-21(19)28-24(20)25(30)17-7-5-8-18(27)13-17/h3-5,7-10,13,16,22,25,28H,6,11-12,14-15H2,1-2H3/t22-,25+/m1/s1. The Balaban J connectivity index is 1.53. The average Bonchev–Trinajstić information content (AvgIpc) is 3.16. The Kier molecular flexibility index (Phi) is 5.89. The van der Waals surface area contributed by atoms with Crippen LogP contribution >= 0.6 is 11.6 Å². The normalized spacial score (nSPS) is 20.5. The molecule has 0 spiro atoms. The summed E-state index contributed by atoms with van der Waals surface area (Å²) in [5.74, 6) is -0.0410. The van der Waals surface area contributed by atoms with E-state index in [1.165, 1.54) is 0 Å². The molecule has 0 saturated carbocycles. The molecular formula is C26H28ClN3O3. The highest BCUT2D eigenvalue weighted by Crippen LogP contribution is 2.42. The number of amides is 2. The van der Waals surface area contributed by atoms with E-state index in [4.69, 9.17) is 16.3 Å². The number of nitrogens with one attached hydrogen (secondary N) is 1. The minimum atomic E-state index is -0.534. The number of hydrogen-bond donors (Lipinski definition) is 1. The summed E-state index contributed by atoms with van der Waals surface area (Å²) in [4.78, 5) is 34.1. The topological polar surface area (TPSA) is 65.6 Å². The lowest BCUT2D eigenvalue weighted by molar-refractivity contribution is -0.158. The van der Waals surface area contributed by atoms with Crippen molar-refractivity contribution in [2.45, 2.75) is 44.9 Å². The molecule has 1 fully saturated rings. The van der Waals surface area contributed by atoms with Crippen LogP contribution in [0.2, 0.25) is 5.02 Å². The van der Waals surface area contributed by atoms with Gasteiger partial charge >= 0.3 is 0 Å². The largest absolute Gasteiger partial charge is 0.379 e. The van der Waals surface area contributed by atoms with Crippen molar-refractivity contribution in [3.63, 3.8) is 0 Å². The van der Waals surface area contributed by atoms with Gasteiger partial charge in [0.25, 0.3) is 0 Å². The van der Waals surface area contributed by atoms with Gasteiger partial charge in [0.05, 0.1) is 18.7 Å². The molecule has 0 bridgehead atoms. The lowest BCUT2D eigenvalue weighted by atomic mass is 9.86. The van der Waals surface area contributed by atoms with Crippen molar-refractivity contribution in [1.82, 2.24) is 14.8 Å². The first-order valence-corrected chi connectivity index (χ1v) is 11.9. The number of hydrogen-bond acceptors (Lipinski definition) is 3. The van der Waals surface area contributed by atoms with E-state index in [2.05, 4.69) is 11.1 Å². The highest BCUT2D eigenvalue weighted by Gasteiger charge is 2.48. The molecule has 2 aliphatic rings. The van der Waals surface area contributed by atoms with Gasteiger partial charge in [-0.25, -0.2) is 0 Å². The van der Waals surface area contributed by atoms with E-state index in [0.29, 0.717) is 31.0 Å².